The van der Waals surface area contributed by atoms with E-state index in [2.05, 4.69) is 68.3 Å². The molecule has 1 aromatic carbocycles. The molecule has 1 N–H and O–H groups in total. The molecule has 0 fully saturated rings. The van der Waals surface area contributed by atoms with Crippen LogP contribution in [0.15, 0.2) is 42.6 Å². The number of fused-ring (bicyclic) bond motifs is 1. The number of rotatable bonds is 4. The van der Waals surface area contributed by atoms with Gasteiger partial charge in [0.25, 0.3) is 0 Å². The Morgan fingerprint density at radius 1 is 1.20 bits per heavy atom. The van der Waals surface area contributed by atoms with Crippen LogP contribution in [0.4, 0.5) is 0 Å². The molecule has 0 aliphatic rings. The second-order valence-electron chi connectivity index (χ2n) is 6.23. The van der Waals surface area contributed by atoms with Crippen LogP contribution in [0.2, 0.25) is 0 Å². The van der Waals surface area contributed by atoms with Crippen molar-refractivity contribution in [2.24, 2.45) is 0 Å². The first kappa shape index (κ1) is 14.7. The van der Waals surface area contributed by atoms with Crippen molar-refractivity contribution in [3.63, 3.8) is 0 Å². The van der Waals surface area contributed by atoms with E-state index >= 15 is 0 Å². The van der Waals surface area contributed by atoms with Gasteiger partial charge in [0.05, 0.1) is 5.52 Å². The quantitative estimate of drug-likeness (QED) is 0.830. The number of aromatic nitrogens is 1. The Morgan fingerprint density at radius 2 is 1.95 bits per heavy atom. The van der Waals surface area contributed by atoms with Crippen molar-refractivity contribution in [3.8, 4) is 0 Å². The Morgan fingerprint density at radius 3 is 2.70 bits per heavy atom. The third-order valence-corrected chi connectivity index (χ3v) is 3.31. The highest BCUT2D eigenvalue weighted by Crippen LogP contribution is 2.23. The average Bonchev–Trinajstić information content (AvgIpc) is 2.41. The molecule has 2 aromatic rings. The number of nitrogens with zero attached hydrogens (tertiary/aromatic N) is 1. The van der Waals surface area contributed by atoms with Gasteiger partial charge in [-0.05, 0) is 52.3 Å². The standard InChI is InChI=1S/C18H24N2/c1-14(8-6-13-20-18(2,3)4)16-11-5-9-15-10-7-12-19-17(15)16/h5,7-12,20H,6,13H2,1-4H3/b14-8-. The average molecular weight is 268 g/mol. The number of pyridine rings is 1. The third-order valence-electron chi connectivity index (χ3n) is 3.31. The van der Waals surface area contributed by atoms with Gasteiger partial charge in [0.2, 0.25) is 0 Å². The Bertz CT molecular complexity index is 601. The van der Waals surface area contributed by atoms with E-state index in [1.54, 1.807) is 0 Å². The summed E-state index contributed by atoms with van der Waals surface area (Å²) in [5, 5.41) is 4.71. The molecule has 1 aromatic heterocycles. The summed E-state index contributed by atoms with van der Waals surface area (Å²) in [6.07, 6.45) is 5.19. The summed E-state index contributed by atoms with van der Waals surface area (Å²) in [6.45, 7) is 9.74. The summed E-state index contributed by atoms with van der Waals surface area (Å²) in [5.74, 6) is 0. The molecule has 2 heteroatoms. The van der Waals surface area contributed by atoms with Crippen LogP contribution >= 0.6 is 0 Å². The highest BCUT2D eigenvalue weighted by atomic mass is 14.9. The van der Waals surface area contributed by atoms with Crippen LogP contribution in [-0.2, 0) is 0 Å². The fourth-order valence-electron chi connectivity index (χ4n) is 2.27. The van der Waals surface area contributed by atoms with Gasteiger partial charge in [-0.3, -0.25) is 4.98 Å². The maximum absolute atomic E-state index is 4.51. The van der Waals surface area contributed by atoms with Gasteiger partial charge in [-0.15, -0.1) is 0 Å². The van der Waals surface area contributed by atoms with Crippen molar-refractivity contribution in [2.75, 3.05) is 6.54 Å². The Balaban J connectivity index is 2.13. The van der Waals surface area contributed by atoms with Gasteiger partial charge >= 0.3 is 0 Å². The first-order chi connectivity index (χ1) is 9.47. The van der Waals surface area contributed by atoms with E-state index in [0.717, 1.165) is 18.5 Å². The molecular weight excluding hydrogens is 244 g/mol. The Hall–Kier alpha value is -1.67. The topological polar surface area (TPSA) is 24.9 Å². The van der Waals surface area contributed by atoms with Gasteiger partial charge in [0, 0.05) is 22.7 Å². The molecule has 0 aliphatic heterocycles. The lowest BCUT2D eigenvalue weighted by Gasteiger charge is -2.19. The normalized spacial score (nSPS) is 12.9. The fourth-order valence-corrected chi connectivity index (χ4v) is 2.27. The second kappa shape index (κ2) is 6.19. The molecule has 0 amide bonds. The van der Waals surface area contributed by atoms with Crippen LogP contribution in [0.25, 0.3) is 16.5 Å². The molecule has 0 atom stereocenters. The largest absolute Gasteiger partial charge is 0.312 e. The zero-order valence-corrected chi connectivity index (χ0v) is 12.9. The van der Waals surface area contributed by atoms with Crippen molar-refractivity contribution in [1.29, 1.82) is 0 Å². The fraction of sp³-hybridized carbons (Fsp3) is 0.389. The molecule has 0 bridgehead atoms. The van der Waals surface area contributed by atoms with Crippen LogP contribution in [0, 0.1) is 0 Å². The predicted molar refractivity (Wildman–Crippen MR) is 87.8 cm³/mol. The van der Waals surface area contributed by atoms with Crippen molar-refractivity contribution in [2.45, 2.75) is 39.7 Å². The number of allylic oxidation sites excluding steroid dienone is 1. The number of hydrogen-bond donors (Lipinski definition) is 1. The van der Waals surface area contributed by atoms with Gasteiger partial charge in [-0.1, -0.05) is 30.3 Å². The summed E-state index contributed by atoms with van der Waals surface area (Å²) in [6, 6.07) is 10.5. The lowest BCUT2D eigenvalue weighted by atomic mass is 10.0. The Kier molecular flexibility index (Phi) is 4.56. The zero-order valence-electron chi connectivity index (χ0n) is 12.9. The van der Waals surface area contributed by atoms with E-state index in [9.17, 15) is 0 Å². The SMILES string of the molecule is C/C(=C/CCNC(C)(C)C)c1cccc2cccnc12. The monoisotopic (exact) mass is 268 g/mol. The van der Waals surface area contributed by atoms with Gasteiger partial charge in [-0.25, -0.2) is 0 Å². The lowest BCUT2D eigenvalue weighted by molar-refractivity contribution is 0.431. The number of para-hydroxylation sites is 1. The van der Waals surface area contributed by atoms with Crippen LogP contribution in [-0.4, -0.2) is 17.1 Å². The molecule has 2 rings (SSSR count). The zero-order chi connectivity index (χ0) is 14.6. The molecule has 106 valence electrons. The Labute approximate surface area is 121 Å². The molecule has 0 aliphatic carbocycles. The van der Waals surface area contributed by atoms with E-state index in [4.69, 9.17) is 0 Å². The van der Waals surface area contributed by atoms with Crippen molar-refractivity contribution in [3.05, 3.63) is 48.2 Å². The van der Waals surface area contributed by atoms with Crippen molar-refractivity contribution >= 4 is 16.5 Å². The minimum absolute atomic E-state index is 0.183. The minimum atomic E-state index is 0.183. The molecule has 20 heavy (non-hydrogen) atoms. The number of nitrogens with one attached hydrogen (secondary N) is 1. The van der Waals surface area contributed by atoms with E-state index in [1.807, 2.05) is 12.3 Å². The lowest BCUT2D eigenvalue weighted by Crippen LogP contribution is -2.36. The van der Waals surface area contributed by atoms with Gasteiger partial charge in [0.15, 0.2) is 0 Å². The van der Waals surface area contributed by atoms with Gasteiger partial charge in [-0.2, -0.15) is 0 Å². The summed E-state index contributed by atoms with van der Waals surface area (Å²) in [4.78, 5) is 4.51. The first-order valence-corrected chi connectivity index (χ1v) is 7.23. The molecule has 0 spiro atoms. The highest BCUT2D eigenvalue weighted by Gasteiger charge is 2.07. The minimum Gasteiger partial charge on any atom is -0.312 e. The summed E-state index contributed by atoms with van der Waals surface area (Å²) in [5.41, 5.74) is 3.80. The van der Waals surface area contributed by atoms with E-state index in [1.165, 1.54) is 16.5 Å². The molecule has 0 unspecified atom stereocenters. The van der Waals surface area contributed by atoms with Crippen molar-refractivity contribution in [1.82, 2.24) is 10.3 Å². The second-order valence-corrected chi connectivity index (χ2v) is 6.23. The third kappa shape index (κ3) is 3.91. The maximum Gasteiger partial charge on any atom is 0.0776 e. The number of hydrogen-bond acceptors (Lipinski definition) is 2. The molecule has 2 nitrogen and oxygen atoms in total. The van der Waals surface area contributed by atoms with Crippen LogP contribution in [0.5, 0.6) is 0 Å². The van der Waals surface area contributed by atoms with Crippen LogP contribution in [0.1, 0.15) is 39.7 Å². The van der Waals surface area contributed by atoms with E-state index in [0.29, 0.717) is 0 Å². The highest BCUT2D eigenvalue weighted by molar-refractivity contribution is 5.90. The van der Waals surface area contributed by atoms with Crippen molar-refractivity contribution < 1.29 is 0 Å². The molecular formula is C18H24N2. The van der Waals surface area contributed by atoms with Gasteiger partial charge < -0.3 is 5.32 Å². The molecule has 0 saturated heterocycles. The van der Waals surface area contributed by atoms with Crippen LogP contribution < -0.4 is 5.32 Å². The van der Waals surface area contributed by atoms with E-state index in [-0.39, 0.29) is 5.54 Å². The predicted octanol–water partition coefficient (Wildman–Crippen LogP) is 4.42. The smallest absolute Gasteiger partial charge is 0.0776 e. The van der Waals surface area contributed by atoms with Crippen LogP contribution in [0.3, 0.4) is 0 Å². The summed E-state index contributed by atoms with van der Waals surface area (Å²) in [7, 11) is 0. The molecule has 1 heterocycles. The van der Waals surface area contributed by atoms with E-state index < -0.39 is 0 Å². The number of benzene rings is 1. The molecule has 0 saturated carbocycles. The maximum atomic E-state index is 4.51. The molecule has 0 radical (unpaired) electrons. The summed E-state index contributed by atoms with van der Waals surface area (Å²) >= 11 is 0. The van der Waals surface area contributed by atoms with Gasteiger partial charge in [0.1, 0.15) is 0 Å². The summed E-state index contributed by atoms with van der Waals surface area (Å²) < 4.78 is 0. The first-order valence-electron chi connectivity index (χ1n) is 7.23.